The topological polar surface area (TPSA) is 54.9 Å². The molecule has 2 aromatic carbocycles. The molecule has 1 saturated heterocycles. The first-order valence-electron chi connectivity index (χ1n) is 13.9. The maximum atomic E-state index is 13.4. The Morgan fingerprint density at radius 2 is 1.79 bits per heavy atom. The Balaban J connectivity index is 1.33. The Bertz CT molecular complexity index is 1190. The molecular formula is C32H39N3O3. The summed E-state index contributed by atoms with van der Waals surface area (Å²) >= 11 is 0. The molecule has 0 N–H and O–H groups in total. The second-order valence-electron chi connectivity index (χ2n) is 10.7. The lowest BCUT2D eigenvalue weighted by Crippen LogP contribution is -2.48. The molecule has 6 heteroatoms. The number of ether oxygens (including phenoxy) is 2. The lowest BCUT2D eigenvalue weighted by Gasteiger charge is -2.45. The number of rotatable bonds is 4. The van der Waals surface area contributed by atoms with E-state index in [0.29, 0.717) is 17.9 Å². The number of carbonyl (C=O) groups is 1. The van der Waals surface area contributed by atoms with Gasteiger partial charge in [-0.2, -0.15) is 0 Å². The molecule has 6 nitrogen and oxygen atoms in total. The van der Waals surface area contributed by atoms with Gasteiger partial charge in [0.2, 0.25) is 0 Å². The average molecular weight is 514 g/mol. The summed E-state index contributed by atoms with van der Waals surface area (Å²) in [5.74, 6) is 1.74. The number of fused-ring (bicyclic) bond motifs is 1. The van der Waals surface area contributed by atoms with Crippen LogP contribution in [0.15, 0.2) is 73.1 Å². The van der Waals surface area contributed by atoms with Crippen molar-refractivity contribution in [2.45, 2.75) is 45.1 Å². The van der Waals surface area contributed by atoms with Crippen molar-refractivity contribution in [2.75, 3.05) is 39.9 Å². The third-order valence-electron chi connectivity index (χ3n) is 8.18. The van der Waals surface area contributed by atoms with Gasteiger partial charge in [-0.25, -0.2) is 0 Å². The third kappa shape index (κ3) is 6.36. The molecule has 200 valence electrons. The Morgan fingerprint density at radius 1 is 0.974 bits per heavy atom. The van der Waals surface area contributed by atoms with Crippen LogP contribution in [0.1, 0.15) is 53.6 Å². The minimum Gasteiger partial charge on any atom is -0.496 e. The zero-order valence-electron chi connectivity index (χ0n) is 22.5. The maximum absolute atomic E-state index is 13.4. The van der Waals surface area contributed by atoms with E-state index in [2.05, 4.69) is 40.2 Å². The van der Waals surface area contributed by atoms with Gasteiger partial charge in [-0.3, -0.25) is 14.7 Å². The Morgan fingerprint density at radius 3 is 2.61 bits per heavy atom. The van der Waals surface area contributed by atoms with Crippen molar-refractivity contribution in [1.82, 2.24) is 14.8 Å². The summed E-state index contributed by atoms with van der Waals surface area (Å²) < 4.78 is 11.8. The standard InChI is InChI=1S/C32H39N3O3/c1-37-30-14-5-3-12-28(30)31(36)35-19-16-32(17-20-35)15-7-6-11-27-10-2-4-13-29(27)38-22-21-34(25-32)24-26-9-8-18-33-23-26/h2-5,8-10,12-14,18,23H,6-7,11,15-17,19-22,24-25H2,1H3. The van der Waals surface area contributed by atoms with Gasteiger partial charge in [-0.1, -0.05) is 42.8 Å². The molecular weight excluding hydrogens is 474 g/mol. The van der Waals surface area contributed by atoms with Crippen molar-refractivity contribution in [3.8, 4) is 11.5 Å². The van der Waals surface area contributed by atoms with Crippen LogP contribution in [0.5, 0.6) is 11.5 Å². The highest BCUT2D eigenvalue weighted by Gasteiger charge is 2.37. The number of pyridine rings is 1. The molecule has 5 rings (SSSR count). The van der Waals surface area contributed by atoms with Gasteiger partial charge in [0.1, 0.15) is 18.1 Å². The predicted octanol–water partition coefficient (Wildman–Crippen LogP) is 5.62. The number of piperidine rings is 1. The first-order valence-corrected chi connectivity index (χ1v) is 13.9. The summed E-state index contributed by atoms with van der Waals surface area (Å²) in [7, 11) is 1.63. The molecule has 38 heavy (non-hydrogen) atoms. The van der Waals surface area contributed by atoms with E-state index in [1.165, 1.54) is 24.0 Å². The minimum atomic E-state index is 0.0719. The Labute approximate surface area is 226 Å². The van der Waals surface area contributed by atoms with Gasteiger partial charge in [0, 0.05) is 45.1 Å². The summed E-state index contributed by atoms with van der Waals surface area (Å²) in [5.41, 5.74) is 3.36. The molecule has 0 aliphatic carbocycles. The monoisotopic (exact) mass is 513 g/mol. The highest BCUT2D eigenvalue weighted by atomic mass is 16.5. The summed E-state index contributed by atoms with van der Waals surface area (Å²) in [6.45, 7) is 4.92. The number of benzene rings is 2. The number of hydrogen-bond donors (Lipinski definition) is 0. The van der Waals surface area contributed by atoms with Gasteiger partial charge in [0.05, 0.1) is 12.7 Å². The van der Waals surface area contributed by atoms with E-state index in [4.69, 9.17) is 9.47 Å². The smallest absolute Gasteiger partial charge is 0.257 e. The van der Waals surface area contributed by atoms with Crippen LogP contribution in [0.2, 0.25) is 0 Å². The maximum Gasteiger partial charge on any atom is 0.257 e. The average Bonchev–Trinajstić information content (AvgIpc) is 2.96. The van der Waals surface area contributed by atoms with Crippen LogP contribution in [0.3, 0.4) is 0 Å². The van der Waals surface area contributed by atoms with Crippen LogP contribution in [0.25, 0.3) is 0 Å². The second kappa shape index (κ2) is 12.4. The van der Waals surface area contributed by atoms with Crippen LogP contribution in [-0.2, 0) is 13.0 Å². The highest BCUT2D eigenvalue weighted by molar-refractivity contribution is 5.97. The molecule has 0 unspecified atom stereocenters. The number of aromatic nitrogens is 1. The molecule has 1 fully saturated rings. The molecule has 1 aromatic heterocycles. The van der Waals surface area contributed by atoms with E-state index in [1.807, 2.05) is 47.6 Å². The fraction of sp³-hybridized carbons (Fsp3) is 0.438. The molecule has 2 aliphatic rings. The van der Waals surface area contributed by atoms with Crippen LogP contribution >= 0.6 is 0 Å². The van der Waals surface area contributed by atoms with Gasteiger partial charge in [-0.05, 0) is 72.9 Å². The van der Waals surface area contributed by atoms with E-state index in [0.717, 1.165) is 64.2 Å². The second-order valence-corrected chi connectivity index (χ2v) is 10.7. The first kappa shape index (κ1) is 26.2. The molecule has 1 amide bonds. The van der Waals surface area contributed by atoms with Crippen molar-refractivity contribution in [1.29, 1.82) is 0 Å². The number of carbonyl (C=O) groups excluding carboxylic acids is 1. The molecule has 0 radical (unpaired) electrons. The molecule has 3 heterocycles. The number of amides is 1. The van der Waals surface area contributed by atoms with Gasteiger partial charge in [-0.15, -0.1) is 0 Å². The number of hydrogen-bond acceptors (Lipinski definition) is 5. The summed E-state index contributed by atoms with van der Waals surface area (Å²) in [6.07, 6.45) is 10.4. The number of aryl methyl sites for hydroxylation is 1. The van der Waals surface area contributed by atoms with Crippen molar-refractivity contribution in [3.63, 3.8) is 0 Å². The van der Waals surface area contributed by atoms with Crippen LogP contribution in [0, 0.1) is 5.41 Å². The highest BCUT2D eigenvalue weighted by Crippen LogP contribution is 2.39. The predicted molar refractivity (Wildman–Crippen MR) is 150 cm³/mol. The summed E-state index contributed by atoms with van der Waals surface area (Å²) in [5, 5.41) is 0. The van der Waals surface area contributed by atoms with Crippen LogP contribution in [0.4, 0.5) is 0 Å². The molecule has 0 saturated carbocycles. The van der Waals surface area contributed by atoms with E-state index < -0.39 is 0 Å². The molecule has 0 atom stereocenters. The Kier molecular flexibility index (Phi) is 8.59. The lowest BCUT2D eigenvalue weighted by atomic mass is 9.73. The van der Waals surface area contributed by atoms with E-state index in [9.17, 15) is 4.79 Å². The first-order chi connectivity index (χ1) is 18.7. The molecule has 0 bridgehead atoms. The van der Waals surface area contributed by atoms with Crippen LogP contribution < -0.4 is 9.47 Å². The van der Waals surface area contributed by atoms with Crippen molar-refractivity contribution in [2.24, 2.45) is 5.41 Å². The Hall–Kier alpha value is -3.38. The fourth-order valence-corrected chi connectivity index (χ4v) is 6.05. The summed E-state index contributed by atoms with van der Waals surface area (Å²) in [6, 6.07) is 20.2. The van der Waals surface area contributed by atoms with Gasteiger partial charge in [0.25, 0.3) is 5.91 Å². The minimum absolute atomic E-state index is 0.0719. The molecule has 2 aliphatic heterocycles. The van der Waals surface area contributed by atoms with Crippen LogP contribution in [-0.4, -0.2) is 60.6 Å². The third-order valence-corrected chi connectivity index (χ3v) is 8.18. The van der Waals surface area contributed by atoms with Gasteiger partial charge >= 0.3 is 0 Å². The zero-order chi connectivity index (χ0) is 26.2. The number of likely N-dealkylation sites (tertiary alicyclic amines) is 1. The van der Waals surface area contributed by atoms with Crippen molar-refractivity contribution in [3.05, 3.63) is 89.7 Å². The largest absolute Gasteiger partial charge is 0.496 e. The molecule has 1 spiro atoms. The van der Waals surface area contributed by atoms with E-state index >= 15 is 0 Å². The number of methoxy groups -OCH3 is 1. The van der Waals surface area contributed by atoms with E-state index in [1.54, 1.807) is 7.11 Å². The SMILES string of the molecule is COc1ccccc1C(=O)N1CCC2(CCCCc3ccccc3OCCN(Cc3cccnc3)C2)CC1. The normalized spacial score (nSPS) is 18.5. The zero-order valence-corrected chi connectivity index (χ0v) is 22.5. The number of nitrogens with zero attached hydrogens (tertiary/aromatic N) is 3. The van der Waals surface area contributed by atoms with Crippen molar-refractivity contribution >= 4 is 5.91 Å². The summed E-state index contributed by atoms with van der Waals surface area (Å²) in [4.78, 5) is 22.3. The van der Waals surface area contributed by atoms with Gasteiger partial charge < -0.3 is 14.4 Å². The van der Waals surface area contributed by atoms with Gasteiger partial charge in [0.15, 0.2) is 0 Å². The number of para-hydroxylation sites is 2. The fourth-order valence-electron chi connectivity index (χ4n) is 6.05. The molecule has 3 aromatic rings. The van der Waals surface area contributed by atoms with E-state index in [-0.39, 0.29) is 11.3 Å². The lowest BCUT2D eigenvalue weighted by molar-refractivity contribution is 0.0359. The quantitative estimate of drug-likeness (QED) is 0.453. The van der Waals surface area contributed by atoms with Crippen molar-refractivity contribution < 1.29 is 14.3 Å².